The van der Waals surface area contributed by atoms with E-state index in [-0.39, 0.29) is 25.9 Å². The number of fused-ring (bicyclic) bond motifs is 2. The Morgan fingerprint density at radius 1 is 0.745 bits per heavy atom. The van der Waals surface area contributed by atoms with Gasteiger partial charge < -0.3 is 24.8 Å². The molecule has 2 nitrogen and oxygen atoms in total. The van der Waals surface area contributed by atoms with Gasteiger partial charge in [-0.2, -0.15) is 0 Å². The van der Waals surface area contributed by atoms with E-state index in [0.29, 0.717) is 29.2 Å². The summed E-state index contributed by atoms with van der Waals surface area (Å²) in [5.41, 5.74) is 7.68. The molecule has 264 valence electrons. The molecule has 0 saturated heterocycles. The van der Waals surface area contributed by atoms with Crippen LogP contribution in [0.15, 0.2) is 92.9 Å². The van der Waals surface area contributed by atoms with Crippen molar-refractivity contribution in [3.05, 3.63) is 118 Å². The Morgan fingerprint density at radius 3 is 1.79 bits per heavy atom. The molecule has 1 atom stereocenters. The zero-order valence-electron chi connectivity index (χ0n) is 30.9. The third kappa shape index (κ3) is 16.3. The first-order valence-electron chi connectivity index (χ1n) is 15.9. The quantitative estimate of drug-likeness (QED) is 0.0903. The molecule has 0 N–H and O–H groups in total. The summed E-state index contributed by atoms with van der Waals surface area (Å²) in [6, 6.07) is 0. The molecule has 0 heterocycles. The Kier molecular flexibility index (Phi) is 24.0. The van der Waals surface area contributed by atoms with E-state index in [1.54, 1.807) is 27.1 Å². The van der Waals surface area contributed by atoms with Crippen LogP contribution in [0.5, 0.6) is 0 Å². The van der Waals surface area contributed by atoms with Crippen LogP contribution in [0.4, 0.5) is 0 Å². The van der Waals surface area contributed by atoms with Crippen LogP contribution in [-0.4, -0.2) is 27.5 Å². The van der Waals surface area contributed by atoms with E-state index >= 15 is 0 Å². The van der Waals surface area contributed by atoms with Gasteiger partial charge in [-0.1, -0.05) is 145 Å². The summed E-state index contributed by atoms with van der Waals surface area (Å²) in [5.74, 6) is 0.448. The Labute approximate surface area is 352 Å². The van der Waals surface area contributed by atoms with Gasteiger partial charge in [0.05, 0.1) is 0 Å². The van der Waals surface area contributed by atoms with Crippen LogP contribution in [-0.2, 0) is 23.3 Å². The first kappa shape index (κ1) is 49.6. The molecule has 0 spiro atoms. The van der Waals surface area contributed by atoms with Crippen molar-refractivity contribution in [1.29, 1.82) is 0 Å². The summed E-state index contributed by atoms with van der Waals surface area (Å²) in [6.45, 7) is 23.3. The summed E-state index contributed by atoms with van der Waals surface area (Å²) < 4.78 is 0. The third-order valence-corrected chi connectivity index (χ3v) is 14.1. The molecule has 0 aliphatic heterocycles. The SMILES string of the molecule is CC(C)(C)[N-][Si](C)(C)C1=C2CC=CC=C2C=C1CCCCCC1=CC2C=CC=CC2=C1[Si](C)(C)[N-]C(C)(C)C.[CH3-].[CH3-].[I][Ti][I].[I][Ti][I]. The molecule has 0 aromatic heterocycles. The molecule has 0 saturated carbocycles. The summed E-state index contributed by atoms with van der Waals surface area (Å²) in [5, 5.41) is 3.23. The zero-order chi connectivity index (χ0) is 34.1. The van der Waals surface area contributed by atoms with Gasteiger partial charge in [0.25, 0.3) is 0 Å². The van der Waals surface area contributed by atoms with Crippen molar-refractivity contribution in [2.75, 3.05) is 0 Å². The maximum absolute atomic E-state index is 5.41. The van der Waals surface area contributed by atoms with Gasteiger partial charge in [0.2, 0.25) is 0 Å². The fourth-order valence-electron chi connectivity index (χ4n) is 7.36. The molecular weight excluding hydrogens is 1130 g/mol. The molecule has 0 fully saturated rings. The average Bonchev–Trinajstić information content (AvgIpc) is 3.45. The van der Waals surface area contributed by atoms with E-state index in [1.165, 1.54) is 43.3 Å². The summed E-state index contributed by atoms with van der Waals surface area (Å²) >= 11 is 10.5. The molecule has 4 rings (SSSR count). The molecule has 0 aromatic carbocycles. The van der Waals surface area contributed by atoms with Crippen LogP contribution in [0.25, 0.3) is 9.96 Å². The Balaban J connectivity index is 0.00000246. The van der Waals surface area contributed by atoms with Gasteiger partial charge in [-0.25, -0.2) is 0 Å². The number of halogens is 4. The standard InChI is InChI=1S/C35H52N2Si2.2CH3.4HI.2Ti/c1-34(2,3)36-38(7,8)32-28(24-26-18-14-16-22-30(26)32)20-12-11-13-21-29-25-27-19-15-17-23-31(27)33(29)39(9,10)37-35(4,5)6;;;;;;;;/h14-19,22,24-26H,11-13,20-21,23H2,1-10H3;2*1H3;4*1H;;/q-2;2*-1;;;;;2*+2/p-4. The number of allylic oxidation sites excluding steroid dienone is 16. The van der Waals surface area contributed by atoms with Crippen molar-refractivity contribution in [3.8, 4) is 0 Å². The van der Waals surface area contributed by atoms with E-state index in [0.717, 1.165) is 6.42 Å². The predicted octanol–water partition coefficient (Wildman–Crippen LogP) is 15.3. The van der Waals surface area contributed by atoms with E-state index < -0.39 is 16.5 Å². The predicted molar refractivity (Wildman–Crippen MR) is 247 cm³/mol. The Morgan fingerprint density at radius 2 is 1.26 bits per heavy atom. The minimum absolute atomic E-state index is 0. The van der Waals surface area contributed by atoms with Crippen LogP contribution in [0.1, 0.15) is 80.1 Å². The second-order valence-electron chi connectivity index (χ2n) is 15.0. The van der Waals surface area contributed by atoms with Crippen LogP contribution in [0.2, 0.25) is 26.2 Å². The molecule has 4 aliphatic carbocycles. The number of hydrogen-bond acceptors (Lipinski definition) is 0. The van der Waals surface area contributed by atoms with Crippen molar-refractivity contribution in [2.45, 2.75) is 117 Å². The minimum atomic E-state index is -1.92. The van der Waals surface area contributed by atoms with E-state index in [2.05, 4.69) is 199 Å². The average molecular weight is 1190 g/mol. The number of nitrogens with zero attached hydrogens (tertiary/aromatic N) is 2. The molecule has 0 bridgehead atoms. The summed E-state index contributed by atoms with van der Waals surface area (Å²) in [7, 11) is -3.82. The topological polar surface area (TPSA) is 28.2 Å². The Bertz CT molecular complexity index is 1280. The van der Waals surface area contributed by atoms with Gasteiger partial charge in [-0.15, -0.1) is 11.1 Å². The first-order valence-corrected chi connectivity index (χ1v) is 42.0. The molecule has 47 heavy (non-hydrogen) atoms. The number of unbranched alkanes of at least 4 members (excludes halogenated alkanes) is 2. The van der Waals surface area contributed by atoms with Gasteiger partial charge >= 0.3 is 100 Å². The fourth-order valence-corrected chi connectivity index (χ4v) is 14.9. The normalized spacial score (nSPS) is 18.3. The van der Waals surface area contributed by atoms with Crippen LogP contribution in [0, 0.1) is 20.8 Å². The summed E-state index contributed by atoms with van der Waals surface area (Å²) in [4.78, 5) is 10.8. The molecule has 0 amide bonds. The number of hydrogen-bond donors (Lipinski definition) is 0. The molecule has 10 heteroatoms. The van der Waals surface area contributed by atoms with Gasteiger partial charge in [-0.3, -0.25) is 0 Å². The molecule has 0 radical (unpaired) electrons. The third-order valence-electron chi connectivity index (χ3n) is 7.94. The van der Waals surface area contributed by atoms with E-state index in [9.17, 15) is 0 Å². The molecule has 0 aromatic rings. The van der Waals surface area contributed by atoms with Gasteiger partial charge in [0, 0.05) is 5.92 Å². The fraction of sp³-hybridized carbons (Fsp3) is 0.514. The van der Waals surface area contributed by atoms with E-state index in [1.807, 2.05) is 0 Å². The van der Waals surface area contributed by atoms with Gasteiger partial charge in [0.15, 0.2) is 0 Å². The second kappa shape index (κ2) is 22.7. The van der Waals surface area contributed by atoms with E-state index in [4.69, 9.17) is 9.96 Å². The monoisotopic (exact) mass is 1190 g/mol. The van der Waals surface area contributed by atoms with Crippen LogP contribution >= 0.6 is 76.8 Å². The van der Waals surface area contributed by atoms with Crippen molar-refractivity contribution in [1.82, 2.24) is 0 Å². The zero-order valence-corrected chi connectivity index (χ0v) is 44.7. The Hall–Kier alpha value is 2.62. The van der Waals surface area contributed by atoms with Crippen LogP contribution < -0.4 is 0 Å². The molecule has 1 unspecified atom stereocenters. The van der Waals surface area contributed by atoms with Crippen molar-refractivity contribution in [2.24, 2.45) is 5.92 Å². The van der Waals surface area contributed by atoms with Gasteiger partial charge in [-0.05, 0) is 70.9 Å². The second-order valence-corrected chi connectivity index (χ2v) is 49.0. The maximum atomic E-state index is 5.41. The first-order chi connectivity index (χ1) is 20.9. The van der Waals surface area contributed by atoms with Crippen molar-refractivity contribution >= 4 is 93.2 Å². The van der Waals surface area contributed by atoms with Gasteiger partial charge in [0.1, 0.15) is 0 Å². The molecule has 4 aliphatic rings. The number of rotatable bonds is 10. The summed E-state index contributed by atoms with van der Waals surface area (Å²) in [6.07, 6.45) is 28.2. The van der Waals surface area contributed by atoms with Crippen LogP contribution in [0.3, 0.4) is 0 Å². The molecular formula is C37H58I4N2Si2Ti2-4. The van der Waals surface area contributed by atoms with Crippen molar-refractivity contribution in [3.63, 3.8) is 0 Å². The van der Waals surface area contributed by atoms with Crippen molar-refractivity contribution < 1.29 is 23.3 Å².